The number of carboxylic acid groups (broad SMARTS) is 1. The number of fused-ring (bicyclic) bond motifs is 1. The Morgan fingerprint density at radius 1 is 1.59 bits per heavy atom. The molecule has 0 aromatic carbocycles. The van der Waals surface area contributed by atoms with Gasteiger partial charge in [0.1, 0.15) is 6.10 Å². The van der Waals surface area contributed by atoms with Gasteiger partial charge in [0.25, 0.3) is 0 Å². The van der Waals surface area contributed by atoms with Gasteiger partial charge in [-0.1, -0.05) is 5.92 Å². The highest BCUT2D eigenvalue weighted by Gasteiger charge is 2.53. The smallest absolute Gasteiger partial charge is 0.305 e. The Bertz CT molecular complexity index is 372. The van der Waals surface area contributed by atoms with Crippen molar-refractivity contribution in [1.29, 1.82) is 0 Å². The van der Waals surface area contributed by atoms with Gasteiger partial charge in [0.15, 0.2) is 11.9 Å². The Labute approximate surface area is 99.1 Å². The van der Waals surface area contributed by atoms with E-state index in [0.717, 1.165) is 0 Å². The zero-order valence-corrected chi connectivity index (χ0v) is 9.30. The number of hydrogen-bond acceptors (Lipinski definition) is 4. The third kappa shape index (κ3) is 2.19. The van der Waals surface area contributed by atoms with Crippen LogP contribution < -0.4 is 0 Å². The molecular formula is C12H14O5. The largest absolute Gasteiger partial charge is 0.481 e. The van der Waals surface area contributed by atoms with E-state index in [2.05, 4.69) is 5.92 Å². The van der Waals surface area contributed by atoms with Crippen LogP contribution >= 0.6 is 0 Å². The van der Waals surface area contributed by atoms with Crippen molar-refractivity contribution in [3.63, 3.8) is 0 Å². The molecule has 2 unspecified atom stereocenters. The lowest BCUT2D eigenvalue weighted by atomic mass is 9.87. The molecular weight excluding hydrogens is 224 g/mol. The van der Waals surface area contributed by atoms with E-state index in [1.165, 1.54) is 0 Å². The van der Waals surface area contributed by atoms with Gasteiger partial charge >= 0.3 is 5.97 Å². The van der Waals surface area contributed by atoms with Crippen molar-refractivity contribution in [2.45, 2.75) is 49.6 Å². The minimum atomic E-state index is -1.05. The van der Waals surface area contributed by atoms with Crippen LogP contribution in [0, 0.1) is 12.3 Å². The van der Waals surface area contributed by atoms with Crippen LogP contribution in [-0.2, 0) is 19.1 Å². The Balaban J connectivity index is 2.11. The summed E-state index contributed by atoms with van der Waals surface area (Å²) in [5, 5.41) is 8.73. The Morgan fingerprint density at radius 3 is 2.94 bits per heavy atom. The molecule has 1 N–H and O–H groups in total. The Hall–Kier alpha value is -1.38. The number of carbonyl (C=O) groups excluding carboxylic acids is 1. The van der Waals surface area contributed by atoms with E-state index >= 15 is 0 Å². The summed E-state index contributed by atoms with van der Waals surface area (Å²) >= 11 is 0. The molecule has 0 aliphatic carbocycles. The van der Waals surface area contributed by atoms with Gasteiger partial charge in [-0.2, -0.15) is 0 Å². The van der Waals surface area contributed by atoms with Gasteiger partial charge in [-0.05, 0) is 12.8 Å². The lowest BCUT2D eigenvalue weighted by molar-refractivity contribution is -0.175. The number of rotatable bonds is 3. The molecule has 2 saturated heterocycles. The lowest BCUT2D eigenvalue weighted by Crippen LogP contribution is -2.50. The van der Waals surface area contributed by atoms with E-state index in [-0.39, 0.29) is 12.5 Å². The number of ether oxygens (including phenoxy) is 2. The number of carboxylic acids is 1. The summed E-state index contributed by atoms with van der Waals surface area (Å²) in [6.45, 7) is 0. The van der Waals surface area contributed by atoms with Gasteiger partial charge in [-0.15, -0.1) is 6.42 Å². The summed E-state index contributed by atoms with van der Waals surface area (Å²) in [5.41, 5.74) is -1.05. The fraction of sp³-hybridized carbons (Fsp3) is 0.667. The molecule has 0 aromatic rings. The second kappa shape index (κ2) is 4.47. The van der Waals surface area contributed by atoms with Gasteiger partial charge in [0.2, 0.25) is 0 Å². The zero-order chi connectivity index (χ0) is 12.5. The number of aldehydes is 1. The summed E-state index contributed by atoms with van der Waals surface area (Å²) in [4.78, 5) is 21.9. The molecule has 2 aliphatic rings. The monoisotopic (exact) mass is 238 g/mol. The molecule has 0 spiro atoms. The van der Waals surface area contributed by atoms with Crippen molar-refractivity contribution in [1.82, 2.24) is 0 Å². The van der Waals surface area contributed by atoms with Crippen LogP contribution in [0.1, 0.15) is 25.7 Å². The fourth-order valence-electron chi connectivity index (χ4n) is 2.51. The zero-order valence-electron chi connectivity index (χ0n) is 9.30. The van der Waals surface area contributed by atoms with Crippen molar-refractivity contribution >= 4 is 12.3 Å². The van der Waals surface area contributed by atoms with Gasteiger partial charge in [-0.25, -0.2) is 0 Å². The molecule has 2 rings (SSSR count). The average Bonchev–Trinajstić information content (AvgIpc) is 2.66. The first-order valence-electron chi connectivity index (χ1n) is 5.57. The van der Waals surface area contributed by atoms with Crippen molar-refractivity contribution in [3.05, 3.63) is 0 Å². The van der Waals surface area contributed by atoms with E-state index in [9.17, 15) is 9.59 Å². The molecule has 5 nitrogen and oxygen atoms in total. The van der Waals surface area contributed by atoms with Gasteiger partial charge in [0, 0.05) is 6.42 Å². The number of aliphatic carboxylic acids is 1. The SMILES string of the molecule is C#CC1CC2(C=O)O[C@@H](CC(=O)O)CC[C@@H]2O1. The van der Waals surface area contributed by atoms with Crippen molar-refractivity contribution in [3.8, 4) is 12.3 Å². The van der Waals surface area contributed by atoms with Gasteiger partial charge < -0.3 is 19.4 Å². The molecule has 0 radical (unpaired) electrons. The maximum Gasteiger partial charge on any atom is 0.305 e. The Kier molecular flexibility index (Phi) is 3.18. The molecule has 0 bridgehead atoms. The van der Waals surface area contributed by atoms with E-state index in [0.29, 0.717) is 25.5 Å². The standard InChI is InChI=1S/C12H14O5/c1-2-8-6-12(7-13)10(16-8)4-3-9(17-12)5-11(14)15/h1,7-10H,3-6H2,(H,14,15)/t8?,9-,10+,12?/m1/s1. The summed E-state index contributed by atoms with van der Waals surface area (Å²) in [5.74, 6) is 1.53. The third-order valence-corrected chi connectivity index (χ3v) is 3.30. The molecule has 2 fully saturated rings. The minimum absolute atomic E-state index is 0.0942. The van der Waals surface area contributed by atoms with E-state index in [1.807, 2.05) is 0 Å². The highest BCUT2D eigenvalue weighted by molar-refractivity contribution is 5.68. The van der Waals surface area contributed by atoms with E-state index in [1.54, 1.807) is 0 Å². The van der Waals surface area contributed by atoms with Crippen LogP contribution in [0.3, 0.4) is 0 Å². The third-order valence-electron chi connectivity index (χ3n) is 3.30. The predicted molar refractivity (Wildman–Crippen MR) is 57.3 cm³/mol. The summed E-state index contributed by atoms with van der Waals surface area (Å²) in [7, 11) is 0. The number of carbonyl (C=O) groups is 2. The number of terminal acetylenes is 1. The van der Waals surface area contributed by atoms with Crippen LogP contribution in [0.4, 0.5) is 0 Å². The topological polar surface area (TPSA) is 72.8 Å². The van der Waals surface area contributed by atoms with Crippen LogP contribution in [0.15, 0.2) is 0 Å². The first kappa shape index (κ1) is 12.1. The molecule has 0 aromatic heterocycles. The molecule has 0 amide bonds. The summed E-state index contributed by atoms with van der Waals surface area (Å²) < 4.78 is 11.1. The molecule has 5 heteroatoms. The highest BCUT2D eigenvalue weighted by Crippen LogP contribution is 2.40. The quantitative estimate of drug-likeness (QED) is 0.568. The first-order valence-corrected chi connectivity index (χ1v) is 5.57. The van der Waals surface area contributed by atoms with Crippen LogP contribution in [0.2, 0.25) is 0 Å². The molecule has 0 saturated carbocycles. The van der Waals surface area contributed by atoms with Gasteiger partial charge in [0.05, 0.1) is 18.6 Å². The predicted octanol–water partition coefficient (Wildman–Crippen LogP) is 0.368. The molecule has 2 heterocycles. The van der Waals surface area contributed by atoms with Crippen molar-refractivity contribution in [2.24, 2.45) is 0 Å². The molecule has 4 atom stereocenters. The summed E-state index contributed by atoms with van der Waals surface area (Å²) in [6.07, 6.45) is 6.19. The lowest BCUT2D eigenvalue weighted by Gasteiger charge is -2.37. The fourth-order valence-corrected chi connectivity index (χ4v) is 2.51. The number of hydrogen-bond donors (Lipinski definition) is 1. The van der Waals surface area contributed by atoms with Crippen LogP contribution in [-0.4, -0.2) is 41.3 Å². The second-order valence-electron chi connectivity index (χ2n) is 4.47. The maximum atomic E-state index is 11.2. The second-order valence-corrected chi connectivity index (χ2v) is 4.47. The molecule has 92 valence electrons. The normalized spacial score (nSPS) is 40.3. The average molecular weight is 238 g/mol. The minimum Gasteiger partial charge on any atom is -0.481 e. The van der Waals surface area contributed by atoms with E-state index < -0.39 is 23.8 Å². The summed E-state index contributed by atoms with van der Waals surface area (Å²) in [6, 6.07) is 0. The molecule has 17 heavy (non-hydrogen) atoms. The first-order chi connectivity index (χ1) is 8.09. The van der Waals surface area contributed by atoms with Crippen molar-refractivity contribution in [2.75, 3.05) is 0 Å². The van der Waals surface area contributed by atoms with Gasteiger partial charge in [-0.3, -0.25) is 4.79 Å². The highest BCUT2D eigenvalue weighted by atomic mass is 16.6. The van der Waals surface area contributed by atoms with E-state index in [4.69, 9.17) is 21.0 Å². The maximum absolute atomic E-state index is 11.2. The molecule has 2 aliphatic heterocycles. The van der Waals surface area contributed by atoms with Crippen LogP contribution in [0.5, 0.6) is 0 Å². The Morgan fingerprint density at radius 2 is 2.35 bits per heavy atom. The van der Waals surface area contributed by atoms with Crippen molar-refractivity contribution < 1.29 is 24.2 Å². The van der Waals surface area contributed by atoms with Crippen LogP contribution in [0.25, 0.3) is 0 Å².